The van der Waals surface area contributed by atoms with E-state index in [1.807, 2.05) is 24.5 Å². The third kappa shape index (κ3) is 3.90. The molecule has 1 unspecified atom stereocenters. The van der Waals surface area contributed by atoms with Crippen molar-refractivity contribution in [2.24, 2.45) is 0 Å². The lowest BCUT2D eigenvalue weighted by Crippen LogP contribution is -1.38. The van der Waals surface area contributed by atoms with Gasteiger partial charge >= 0.3 is 0 Å². The van der Waals surface area contributed by atoms with Gasteiger partial charge in [0.05, 0.1) is 0 Å². The molecule has 0 amide bonds. The molecule has 0 bridgehead atoms. The number of H-pyrrole nitrogens is 1. The van der Waals surface area contributed by atoms with Crippen LogP contribution in [0.4, 0.5) is 0 Å². The number of aromatic amines is 1. The monoisotopic (exact) mass is 135 g/mol. The minimum Gasteiger partial charge on any atom is -0.368 e. The minimum absolute atomic E-state index is 0. The second-order valence-electron chi connectivity index (χ2n) is 0.885. The third-order valence-electron chi connectivity index (χ3n) is 0.496. The maximum absolute atomic E-state index is 2.86. The lowest BCUT2D eigenvalue weighted by atomic mass is 10.7. The Morgan fingerprint density at radius 2 is 1.43 bits per heavy atom. The highest BCUT2D eigenvalue weighted by molar-refractivity contribution is 7.59. The quantitative estimate of drug-likeness (QED) is 0.514. The smallest absolute Gasteiger partial charge is 0.000496 e. The van der Waals surface area contributed by atoms with Gasteiger partial charge in [-0.15, -0.1) is 0 Å². The predicted octanol–water partition coefficient (Wildman–Crippen LogP) is 1.19. The van der Waals surface area contributed by atoms with E-state index in [1.165, 1.54) is 0 Å². The number of hydrogen-bond donors (Lipinski definition) is 1. The van der Waals surface area contributed by atoms with E-state index in [-0.39, 0.29) is 23.4 Å². The average molecular weight is 135 g/mol. The number of aromatic nitrogens is 1. The first-order chi connectivity index (χ1) is 2.50. The normalized spacial score (nSPS) is 5.71. The molecule has 0 radical (unpaired) electrons. The van der Waals surface area contributed by atoms with Crippen LogP contribution in [0.2, 0.25) is 0 Å². The van der Waals surface area contributed by atoms with Crippen LogP contribution in [0.3, 0.4) is 0 Å². The van der Waals surface area contributed by atoms with E-state index >= 15 is 0 Å². The molecular formula is C4H10NPS. The fourth-order valence-electron chi connectivity index (χ4n) is 0.278. The maximum atomic E-state index is 2.86. The Labute approximate surface area is 53.6 Å². The molecule has 0 aliphatic rings. The highest BCUT2D eigenvalue weighted by Gasteiger charge is 1.55. The Bertz CT molecular complexity index is 68.2. The molecule has 0 aliphatic carbocycles. The molecule has 42 valence electrons. The minimum atomic E-state index is 0. The van der Waals surface area contributed by atoms with E-state index in [0.717, 1.165) is 0 Å². The SMILES string of the molecule is P.S.c1cc[nH]c1. The second kappa shape index (κ2) is 6.06. The summed E-state index contributed by atoms with van der Waals surface area (Å²) in [6, 6.07) is 3.89. The standard InChI is InChI=1S/C4H5N.H3P.H2S/c1-2-4-5-3-1;;/h1-5H;1H3;1H2. The fourth-order valence-corrected chi connectivity index (χ4v) is 0.278. The molecule has 0 saturated carbocycles. The lowest BCUT2D eigenvalue weighted by Gasteiger charge is -1.49. The molecule has 0 aliphatic heterocycles. The molecule has 1 heterocycles. The number of hydrogen-bond acceptors (Lipinski definition) is 0. The zero-order valence-corrected chi connectivity index (χ0v) is 6.43. The first-order valence-electron chi connectivity index (χ1n) is 1.58. The molecule has 1 aromatic rings. The van der Waals surface area contributed by atoms with E-state index in [2.05, 4.69) is 4.98 Å². The van der Waals surface area contributed by atoms with Crippen LogP contribution in [0.15, 0.2) is 24.5 Å². The van der Waals surface area contributed by atoms with E-state index in [0.29, 0.717) is 0 Å². The van der Waals surface area contributed by atoms with Crippen LogP contribution in [-0.4, -0.2) is 4.98 Å². The Balaban J connectivity index is 0. The first kappa shape index (κ1) is 10.1. The van der Waals surface area contributed by atoms with E-state index < -0.39 is 0 Å². The van der Waals surface area contributed by atoms with Crippen LogP contribution in [0.1, 0.15) is 0 Å². The van der Waals surface area contributed by atoms with Crippen LogP contribution >= 0.6 is 23.4 Å². The number of rotatable bonds is 0. The van der Waals surface area contributed by atoms with Crippen LogP contribution in [0, 0.1) is 0 Å². The van der Waals surface area contributed by atoms with E-state index in [4.69, 9.17) is 0 Å². The molecule has 1 atom stereocenters. The summed E-state index contributed by atoms with van der Waals surface area (Å²) in [5.41, 5.74) is 0. The van der Waals surface area contributed by atoms with Gasteiger partial charge in [0.2, 0.25) is 0 Å². The molecule has 1 nitrogen and oxygen atoms in total. The topological polar surface area (TPSA) is 15.8 Å². The molecule has 0 saturated heterocycles. The molecule has 7 heavy (non-hydrogen) atoms. The van der Waals surface area contributed by atoms with Gasteiger partial charge < -0.3 is 4.98 Å². The van der Waals surface area contributed by atoms with Gasteiger partial charge in [-0.1, -0.05) is 0 Å². The molecule has 1 rings (SSSR count). The largest absolute Gasteiger partial charge is 0.368 e. The summed E-state index contributed by atoms with van der Waals surface area (Å²) in [4.78, 5) is 2.86. The summed E-state index contributed by atoms with van der Waals surface area (Å²) in [5.74, 6) is 0. The molecule has 0 spiro atoms. The van der Waals surface area contributed by atoms with Gasteiger partial charge in [-0.2, -0.15) is 23.4 Å². The Kier molecular flexibility index (Phi) is 8.77. The van der Waals surface area contributed by atoms with E-state index in [9.17, 15) is 0 Å². The molecule has 1 aromatic heterocycles. The van der Waals surface area contributed by atoms with Gasteiger partial charge in [-0.05, 0) is 12.1 Å². The average Bonchev–Trinajstić information content (AvgIpc) is 1.76. The van der Waals surface area contributed by atoms with Gasteiger partial charge in [0, 0.05) is 12.4 Å². The second-order valence-corrected chi connectivity index (χ2v) is 0.885. The summed E-state index contributed by atoms with van der Waals surface area (Å²) >= 11 is 0. The van der Waals surface area contributed by atoms with Gasteiger partial charge in [-0.3, -0.25) is 0 Å². The summed E-state index contributed by atoms with van der Waals surface area (Å²) in [6.07, 6.45) is 3.75. The molecule has 0 aromatic carbocycles. The summed E-state index contributed by atoms with van der Waals surface area (Å²) < 4.78 is 0. The zero-order valence-electron chi connectivity index (χ0n) is 4.02. The van der Waals surface area contributed by atoms with Crippen molar-refractivity contribution < 1.29 is 0 Å². The van der Waals surface area contributed by atoms with Crippen molar-refractivity contribution in [3.8, 4) is 0 Å². The van der Waals surface area contributed by atoms with Crippen molar-refractivity contribution in [3.05, 3.63) is 24.5 Å². The summed E-state index contributed by atoms with van der Waals surface area (Å²) in [5, 5.41) is 0. The van der Waals surface area contributed by atoms with Crippen molar-refractivity contribution in [1.82, 2.24) is 4.98 Å². The molecular weight excluding hydrogens is 125 g/mol. The fraction of sp³-hybridized carbons (Fsp3) is 0. The lowest BCUT2D eigenvalue weighted by molar-refractivity contribution is 1.42. The predicted molar refractivity (Wildman–Crippen MR) is 42.3 cm³/mol. The van der Waals surface area contributed by atoms with Crippen molar-refractivity contribution >= 4 is 23.4 Å². The van der Waals surface area contributed by atoms with Crippen LogP contribution < -0.4 is 0 Å². The first-order valence-corrected chi connectivity index (χ1v) is 1.58. The van der Waals surface area contributed by atoms with Crippen LogP contribution in [-0.2, 0) is 0 Å². The highest BCUT2D eigenvalue weighted by Crippen LogP contribution is 1.72. The third-order valence-corrected chi connectivity index (χ3v) is 0.496. The number of nitrogens with one attached hydrogen (secondary N) is 1. The summed E-state index contributed by atoms with van der Waals surface area (Å²) in [6.45, 7) is 0. The van der Waals surface area contributed by atoms with Crippen molar-refractivity contribution in [3.63, 3.8) is 0 Å². The maximum Gasteiger partial charge on any atom is 0.000496 e. The van der Waals surface area contributed by atoms with Crippen LogP contribution in [0.25, 0.3) is 0 Å². The Hall–Kier alpha value is 0.0600. The van der Waals surface area contributed by atoms with Crippen molar-refractivity contribution in [2.75, 3.05) is 0 Å². The van der Waals surface area contributed by atoms with Gasteiger partial charge in [0.15, 0.2) is 0 Å². The van der Waals surface area contributed by atoms with Crippen molar-refractivity contribution in [1.29, 1.82) is 0 Å². The van der Waals surface area contributed by atoms with Crippen LogP contribution in [0.5, 0.6) is 0 Å². The Morgan fingerprint density at radius 1 is 1.00 bits per heavy atom. The summed E-state index contributed by atoms with van der Waals surface area (Å²) in [7, 11) is 0. The molecule has 3 heteroatoms. The van der Waals surface area contributed by atoms with Gasteiger partial charge in [-0.25, -0.2) is 0 Å². The molecule has 1 N–H and O–H groups in total. The Morgan fingerprint density at radius 3 is 1.57 bits per heavy atom. The van der Waals surface area contributed by atoms with E-state index in [1.54, 1.807) is 0 Å². The molecule has 0 fully saturated rings. The zero-order chi connectivity index (χ0) is 3.54. The van der Waals surface area contributed by atoms with Crippen molar-refractivity contribution in [2.45, 2.75) is 0 Å². The van der Waals surface area contributed by atoms with Gasteiger partial charge in [0.1, 0.15) is 0 Å². The van der Waals surface area contributed by atoms with Gasteiger partial charge in [0.25, 0.3) is 0 Å². The highest BCUT2D eigenvalue weighted by atomic mass is 32.1.